The summed E-state index contributed by atoms with van der Waals surface area (Å²) in [5.74, 6) is 6.28. The van der Waals surface area contributed by atoms with Crippen LogP contribution >= 0.6 is 0 Å². The van der Waals surface area contributed by atoms with Crippen molar-refractivity contribution in [1.29, 1.82) is 0 Å². The zero-order valence-electron chi connectivity index (χ0n) is 6.85. The molecule has 0 aromatic rings. The third-order valence-electron chi connectivity index (χ3n) is 1.69. The van der Waals surface area contributed by atoms with E-state index in [0.29, 0.717) is 12.5 Å². The number of hydrogen-bond donors (Lipinski definition) is 1. The highest BCUT2D eigenvalue weighted by atomic mass is 16.3. The minimum Gasteiger partial charge on any atom is -0.396 e. The number of hydrogen-bond acceptors (Lipinski definition) is 1. The van der Waals surface area contributed by atoms with E-state index in [1.165, 1.54) is 0 Å². The van der Waals surface area contributed by atoms with Gasteiger partial charge in [-0.2, -0.15) is 0 Å². The highest BCUT2D eigenvalue weighted by molar-refractivity contribution is 4.94. The van der Waals surface area contributed by atoms with E-state index in [-0.39, 0.29) is 0 Å². The fourth-order valence-electron chi connectivity index (χ4n) is 0.826. The van der Waals surface area contributed by atoms with Gasteiger partial charge < -0.3 is 5.11 Å². The van der Waals surface area contributed by atoms with Crippen LogP contribution in [0, 0.1) is 17.8 Å². The fraction of sp³-hybridized carbons (Fsp3) is 0.778. The molecule has 0 radical (unpaired) electrons. The first-order valence-electron chi connectivity index (χ1n) is 3.85. The molecule has 0 fully saturated rings. The van der Waals surface area contributed by atoms with Crippen molar-refractivity contribution in [1.82, 2.24) is 0 Å². The van der Waals surface area contributed by atoms with Gasteiger partial charge in [-0.15, -0.1) is 11.8 Å². The summed E-state index contributed by atoms with van der Waals surface area (Å²) < 4.78 is 0. The van der Waals surface area contributed by atoms with Crippen molar-refractivity contribution in [3.63, 3.8) is 0 Å². The van der Waals surface area contributed by atoms with E-state index in [4.69, 9.17) is 5.11 Å². The smallest absolute Gasteiger partial charge is 0.0459 e. The second-order valence-electron chi connectivity index (χ2n) is 2.42. The second kappa shape index (κ2) is 6.64. The molecule has 0 saturated carbocycles. The third-order valence-corrected chi connectivity index (χ3v) is 1.69. The maximum atomic E-state index is 8.78. The molecule has 0 aromatic carbocycles. The van der Waals surface area contributed by atoms with E-state index in [9.17, 15) is 0 Å². The van der Waals surface area contributed by atoms with E-state index < -0.39 is 0 Å². The Labute approximate surface area is 63.5 Å². The largest absolute Gasteiger partial charge is 0.396 e. The van der Waals surface area contributed by atoms with Crippen LogP contribution < -0.4 is 0 Å². The van der Waals surface area contributed by atoms with Crippen molar-refractivity contribution in [3.05, 3.63) is 0 Å². The Morgan fingerprint density at radius 3 is 2.60 bits per heavy atom. The van der Waals surface area contributed by atoms with E-state index in [1.807, 2.05) is 6.92 Å². The Morgan fingerprint density at radius 2 is 2.20 bits per heavy atom. The lowest BCUT2D eigenvalue weighted by Crippen LogP contribution is -2.03. The van der Waals surface area contributed by atoms with Crippen LogP contribution in [0.3, 0.4) is 0 Å². The molecule has 1 nitrogen and oxygen atoms in total. The average Bonchev–Trinajstić information content (AvgIpc) is 1.99. The second-order valence-corrected chi connectivity index (χ2v) is 2.42. The molecule has 1 atom stereocenters. The molecule has 10 heavy (non-hydrogen) atoms. The van der Waals surface area contributed by atoms with E-state index in [0.717, 1.165) is 19.3 Å². The van der Waals surface area contributed by atoms with Gasteiger partial charge in [0.25, 0.3) is 0 Å². The Bertz CT molecular complexity index is 114. The lowest BCUT2D eigenvalue weighted by molar-refractivity contribution is 0.216. The molecule has 0 heterocycles. The molecule has 0 bridgehead atoms. The van der Waals surface area contributed by atoms with Gasteiger partial charge >= 0.3 is 0 Å². The molecule has 0 amide bonds. The van der Waals surface area contributed by atoms with Gasteiger partial charge in [0, 0.05) is 13.0 Å². The van der Waals surface area contributed by atoms with E-state index in [1.54, 1.807) is 0 Å². The van der Waals surface area contributed by atoms with Gasteiger partial charge in [-0.1, -0.05) is 13.3 Å². The topological polar surface area (TPSA) is 20.2 Å². The number of aliphatic hydroxyl groups is 1. The van der Waals surface area contributed by atoms with E-state index >= 15 is 0 Å². The Hall–Kier alpha value is -0.480. The molecule has 0 unspecified atom stereocenters. The first kappa shape index (κ1) is 9.52. The summed E-state index contributed by atoms with van der Waals surface area (Å²) >= 11 is 0. The molecule has 1 heteroatoms. The highest BCUT2D eigenvalue weighted by Crippen LogP contribution is 2.08. The molecule has 0 rings (SSSR count). The van der Waals surface area contributed by atoms with Crippen molar-refractivity contribution >= 4 is 0 Å². The molecule has 58 valence electrons. The summed E-state index contributed by atoms with van der Waals surface area (Å²) in [6, 6.07) is 0. The summed E-state index contributed by atoms with van der Waals surface area (Å²) in [6.07, 6.45) is 3.02. The fourth-order valence-corrected chi connectivity index (χ4v) is 0.826. The van der Waals surface area contributed by atoms with Crippen LogP contribution in [-0.4, -0.2) is 11.7 Å². The monoisotopic (exact) mass is 140 g/mol. The quantitative estimate of drug-likeness (QED) is 0.590. The van der Waals surface area contributed by atoms with Gasteiger partial charge in [0.2, 0.25) is 0 Å². The SMILES string of the molecule is CC#CCC[C@@H](CC)CO. The Kier molecular flexibility index (Phi) is 6.32. The van der Waals surface area contributed by atoms with Crippen molar-refractivity contribution in [2.24, 2.45) is 5.92 Å². The number of aliphatic hydroxyl groups excluding tert-OH is 1. The van der Waals surface area contributed by atoms with Crippen molar-refractivity contribution in [2.75, 3.05) is 6.61 Å². The van der Waals surface area contributed by atoms with Gasteiger partial charge in [0.15, 0.2) is 0 Å². The van der Waals surface area contributed by atoms with Gasteiger partial charge in [-0.25, -0.2) is 0 Å². The summed E-state index contributed by atoms with van der Waals surface area (Å²) in [5.41, 5.74) is 0. The zero-order valence-corrected chi connectivity index (χ0v) is 6.85. The van der Waals surface area contributed by atoms with Crippen molar-refractivity contribution in [3.8, 4) is 11.8 Å². The minimum absolute atomic E-state index is 0.307. The number of rotatable bonds is 4. The zero-order chi connectivity index (χ0) is 7.82. The predicted octanol–water partition coefficient (Wildman–Crippen LogP) is 1.81. The molecule has 1 N–H and O–H groups in total. The molecule has 0 aliphatic heterocycles. The molecule has 0 aromatic heterocycles. The third kappa shape index (κ3) is 4.40. The predicted molar refractivity (Wildman–Crippen MR) is 43.6 cm³/mol. The lowest BCUT2D eigenvalue weighted by Gasteiger charge is -2.07. The Morgan fingerprint density at radius 1 is 1.50 bits per heavy atom. The average molecular weight is 140 g/mol. The van der Waals surface area contributed by atoms with Crippen LogP contribution in [0.4, 0.5) is 0 Å². The maximum Gasteiger partial charge on any atom is 0.0459 e. The minimum atomic E-state index is 0.307. The van der Waals surface area contributed by atoms with Crippen LogP contribution in [0.25, 0.3) is 0 Å². The summed E-state index contributed by atoms with van der Waals surface area (Å²) in [5, 5.41) is 8.78. The van der Waals surface area contributed by atoms with Crippen molar-refractivity contribution < 1.29 is 5.11 Å². The first-order chi connectivity index (χ1) is 4.85. The van der Waals surface area contributed by atoms with Crippen LogP contribution in [0.15, 0.2) is 0 Å². The normalized spacial score (nSPS) is 11.9. The van der Waals surface area contributed by atoms with E-state index in [2.05, 4.69) is 18.8 Å². The Balaban J connectivity index is 3.31. The lowest BCUT2D eigenvalue weighted by atomic mass is 10.0. The highest BCUT2D eigenvalue weighted by Gasteiger charge is 2.01. The molecular formula is C9H16O. The van der Waals surface area contributed by atoms with Gasteiger partial charge in [0.1, 0.15) is 0 Å². The van der Waals surface area contributed by atoms with Crippen LogP contribution in [0.1, 0.15) is 33.1 Å². The maximum absolute atomic E-state index is 8.78. The van der Waals surface area contributed by atoms with Gasteiger partial charge in [0.05, 0.1) is 0 Å². The first-order valence-corrected chi connectivity index (χ1v) is 3.85. The van der Waals surface area contributed by atoms with Crippen LogP contribution in [0.5, 0.6) is 0 Å². The summed E-state index contributed by atoms with van der Waals surface area (Å²) in [4.78, 5) is 0. The van der Waals surface area contributed by atoms with Gasteiger partial charge in [-0.05, 0) is 19.3 Å². The summed E-state index contributed by atoms with van der Waals surface area (Å²) in [7, 11) is 0. The van der Waals surface area contributed by atoms with Gasteiger partial charge in [-0.3, -0.25) is 0 Å². The molecule has 0 aliphatic carbocycles. The molecule has 0 aliphatic rings. The molecular weight excluding hydrogens is 124 g/mol. The van der Waals surface area contributed by atoms with Crippen molar-refractivity contribution in [2.45, 2.75) is 33.1 Å². The van der Waals surface area contributed by atoms with Crippen LogP contribution in [-0.2, 0) is 0 Å². The van der Waals surface area contributed by atoms with Crippen LogP contribution in [0.2, 0.25) is 0 Å². The molecule has 0 saturated heterocycles. The standard InChI is InChI=1S/C9H16O/c1-3-5-6-7-9(4-2)8-10/h9-10H,4,6-8H2,1-2H3/t9-/m1/s1. The molecule has 0 spiro atoms. The summed E-state index contributed by atoms with van der Waals surface area (Å²) in [6.45, 7) is 4.25.